The molecular weight excluding hydrogens is 520 g/mol. The van der Waals surface area contributed by atoms with E-state index in [9.17, 15) is 14.7 Å². The molecule has 0 bridgehead atoms. The molecule has 2 N–H and O–H groups in total. The van der Waals surface area contributed by atoms with Crippen LogP contribution >= 0.6 is 0 Å². The number of nitrogens with zero attached hydrogens (tertiary/aromatic N) is 1. The molecule has 1 aliphatic heterocycles. The second-order valence-electron chi connectivity index (χ2n) is 9.62. The minimum Gasteiger partial charge on any atom is -0.492 e. The summed E-state index contributed by atoms with van der Waals surface area (Å²) in [6.07, 6.45) is 0. The van der Waals surface area contributed by atoms with Crippen LogP contribution in [-0.2, 0) is 11.3 Å². The highest BCUT2D eigenvalue weighted by Gasteiger charge is 2.19. The van der Waals surface area contributed by atoms with Crippen LogP contribution in [0.25, 0.3) is 11.1 Å². The molecule has 0 aliphatic carbocycles. The quantitative estimate of drug-likeness (QED) is 0.250. The zero-order valence-corrected chi connectivity index (χ0v) is 22.6. The molecule has 210 valence electrons. The van der Waals surface area contributed by atoms with Crippen LogP contribution in [0.4, 0.5) is 5.69 Å². The first-order valence-corrected chi connectivity index (χ1v) is 13.5. The zero-order chi connectivity index (χ0) is 28.4. The first-order valence-electron chi connectivity index (χ1n) is 13.5. The van der Waals surface area contributed by atoms with Crippen LogP contribution in [0.2, 0.25) is 0 Å². The van der Waals surface area contributed by atoms with Crippen molar-refractivity contribution in [1.29, 1.82) is 0 Å². The SMILES string of the molecule is O=C(O)c1ccc(-c2ccccc2)cc1NC(=O)c1cc(OCCN2CCOCC2)ccc1OCc1ccccc1. The van der Waals surface area contributed by atoms with Gasteiger partial charge in [0.05, 0.1) is 30.0 Å². The van der Waals surface area contributed by atoms with Gasteiger partial charge in [0.2, 0.25) is 0 Å². The van der Waals surface area contributed by atoms with Gasteiger partial charge in [-0.15, -0.1) is 0 Å². The van der Waals surface area contributed by atoms with Gasteiger partial charge in [-0.25, -0.2) is 4.79 Å². The first-order chi connectivity index (χ1) is 20.1. The third kappa shape index (κ3) is 7.51. The highest BCUT2D eigenvalue weighted by Crippen LogP contribution is 2.29. The number of carboxylic acid groups (broad SMARTS) is 1. The number of hydrogen-bond donors (Lipinski definition) is 2. The Hall–Kier alpha value is -4.66. The molecule has 0 atom stereocenters. The van der Waals surface area contributed by atoms with Crippen molar-refractivity contribution in [3.63, 3.8) is 0 Å². The summed E-state index contributed by atoms with van der Waals surface area (Å²) >= 11 is 0. The summed E-state index contributed by atoms with van der Waals surface area (Å²) in [7, 11) is 0. The lowest BCUT2D eigenvalue weighted by atomic mass is 10.0. The third-order valence-electron chi connectivity index (χ3n) is 6.82. The average Bonchev–Trinajstić information content (AvgIpc) is 3.01. The smallest absolute Gasteiger partial charge is 0.337 e. The number of aromatic carboxylic acids is 1. The van der Waals surface area contributed by atoms with Crippen LogP contribution in [0.3, 0.4) is 0 Å². The molecule has 1 fully saturated rings. The van der Waals surface area contributed by atoms with Gasteiger partial charge in [0.1, 0.15) is 24.7 Å². The van der Waals surface area contributed by atoms with E-state index >= 15 is 0 Å². The minimum absolute atomic E-state index is 0.0114. The van der Waals surface area contributed by atoms with Crippen molar-refractivity contribution in [2.45, 2.75) is 6.61 Å². The van der Waals surface area contributed by atoms with E-state index in [0.717, 1.165) is 36.3 Å². The second kappa shape index (κ2) is 13.6. The van der Waals surface area contributed by atoms with E-state index in [0.29, 0.717) is 31.3 Å². The molecule has 0 radical (unpaired) electrons. The van der Waals surface area contributed by atoms with Gasteiger partial charge in [0.15, 0.2) is 0 Å². The summed E-state index contributed by atoms with van der Waals surface area (Å²) in [5.41, 5.74) is 3.06. The van der Waals surface area contributed by atoms with E-state index in [-0.39, 0.29) is 23.4 Å². The molecule has 1 heterocycles. The molecule has 1 aliphatic rings. The molecule has 0 spiro atoms. The molecule has 1 saturated heterocycles. The lowest BCUT2D eigenvalue weighted by molar-refractivity contribution is 0.0322. The van der Waals surface area contributed by atoms with Crippen molar-refractivity contribution >= 4 is 17.6 Å². The monoisotopic (exact) mass is 552 g/mol. The summed E-state index contributed by atoms with van der Waals surface area (Å²) in [6, 6.07) is 29.2. The number of benzene rings is 4. The van der Waals surface area contributed by atoms with Gasteiger partial charge in [0, 0.05) is 19.6 Å². The van der Waals surface area contributed by atoms with Gasteiger partial charge in [-0.2, -0.15) is 0 Å². The van der Waals surface area contributed by atoms with Crippen LogP contribution < -0.4 is 14.8 Å². The molecule has 0 aromatic heterocycles. The average molecular weight is 553 g/mol. The van der Waals surface area contributed by atoms with Crippen molar-refractivity contribution in [3.8, 4) is 22.6 Å². The summed E-state index contributed by atoms with van der Waals surface area (Å²) in [4.78, 5) is 28.0. The predicted octanol–water partition coefficient (Wildman–Crippen LogP) is 5.59. The molecule has 0 saturated carbocycles. The van der Waals surface area contributed by atoms with Gasteiger partial charge < -0.3 is 24.6 Å². The number of hydrogen-bond acceptors (Lipinski definition) is 6. The number of anilines is 1. The number of amides is 1. The number of carboxylic acids is 1. The fourth-order valence-electron chi connectivity index (χ4n) is 4.59. The Bertz CT molecular complexity index is 1470. The van der Waals surface area contributed by atoms with Crippen LogP contribution in [0, 0.1) is 0 Å². The maximum absolute atomic E-state index is 13.7. The van der Waals surface area contributed by atoms with Crippen molar-refractivity contribution in [2.75, 3.05) is 44.8 Å². The Balaban J connectivity index is 1.39. The van der Waals surface area contributed by atoms with Gasteiger partial charge >= 0.3 is 5.97 Å². The fourth-order valence-corrected chi connectivity index (χ4v) is 4.59. The Morgan fingerprint density at radius 3 is 2.27 bits per heavy atom. The summed E-state index contributed by atoms with van der Waals surface area (Å²) in [6.45, 7) is 4.60. The molecule has 4 aromatic rings. The molecule has 4 aromatic carbocycles. The van der Waals surface area contributed by atoms with E-state index in [4.69, 9.17) is 14.2 Å². The highest BCUT2D eigenvalue weighted by molar-refractivity contribution is 6.09. The Morgan fingerprint density at radius 2 is 1.54 bits per heavy atom. The van der Waals surface area contributed by atoms with E-state index in [1.807, 2.05) is 60.7 Å². The molecule has 1 amide bonds. The summed E-state index contributed by atoms with van der Waals surface area (Å²) in [5.74, 6) is -0.755. The number of ether oxygens (including phenoxy) is 3. The predicted molar refractivity (Wildman–Crippen MR) is 157 cm³/mol. The van der Waals surface area contributed by atoms with Crippen molar-refractivity contribution < 1.29 is 28.9 Å². The van der Waals surface area contributed by atoms with E-state index in [1.165, 1.54) is 6.07 Å². The lowest BCUT2D eigenvalue weighted by Crippen LogP contribution is -2.38. The molecule has 0 unspecified atom stereocenters. The highest BCUT2D eigenvalue weighted by atomic mass is 16.5. The molecular formula is C33H32N2O6. The van der Waals surface area contributed by atoms with Crippen molar-refractivity contribution in [3.05, 3.63) is 114 Å². The maximum atomic E-state index is 13.7. The van der Waals surface area contributed by atoms with Crippen LogP contribution in [0.5, 0.6) is 11.5 Å². The fraction of sp³-hybridized carbons (Fsp3) is 0.212. The number of carbonyl (C=O) groups excluding carboxylic acids is 1. The maximum Gasteiger partial charge on any atom is 0.337 e. The molecule has 41 heavy (non-hydrogen) atoms. The molecule has 8 heteroatoms. The summed E-state index contributed by atoms with van der Waals surface area (Å²) in [5, 5.41) is 12.6. The zero-order valence-electron chi connectivity index (χ0n) is 22.6. The lowest BCUT2D eigenvalue weighted by Gasteiger charge is -2.26. The van der Waals surface area contributed by atoms with Crippen LogP contribution in [-0.4, -0.2) is 61.3 Å². The minimum atomic E-state index is -1.14. The van der Waals surface area contributed by atoms with Crippen molar-refractivity contribution in [2.24, 2.45) is 0 Å². The third-order valence-corrected chi connectivity index (χ3v) is 6.82. The Labute approximate surface area is 239 Å². The van der Waals surface area contributed by atoms with E-state index in [1.54, 1.807) is 30.3 Å². The van der Waals surface area contributed by atoms with Gasteiger partial charge in [-0.1, -0.05) is 66.7 Å². The van der Waals surface area contributed by atoms with Crippen LogP contribution in [0.15, 0.2) is 97.1 Å². The van der Waals surface area contributed by atoms with Gasteiger partial charge in [-0.05, 0) is 47.0 Å². The normalized spacial score (nSPS) is 13.4. The molecule has 5 rings (SSSR count). The Morgan fingerprint density at radius 1 is 0.805 bits per heavy atom. The van der Waals surface area contributed by atoms with E-state index < -0.39 is 11.9 Å². The largest absolute Gasteiger partial charge is 0.492 e. The Kier molecular flexibility index (Phi) is 9.26. The topological polar surface area (TPSA) is 97.3 Å². The number of nitrogens with one attached hydrogen (secondary N) is 1. The second-order valence-corrected chi connectivity index (χ2v) is 9.62. The van der Waals surface area contributed by atoms with E-state index in [2.05, 4.69) is 10.2 Å². The molecule has 8 nitrogen and oxygen atoms in total. The summed E-state index contributed by atoms with van der Waals surface area (Å²) < 4.78 is 17.4. The number of morpholine rings is 1. The van der Waals surface area contributed by atoms with Gasteiger partial charge in [0.25, 0.3) is 5.91 Å². The van der Waals surface area contributed by atoms with Crippen molar-refractivity contribution in [1.82, 2.24) is 4.90 Å². The van der Waals surface area contributed by atoms with Crippen LogP contribution in [0.1, 0.15) is 26.3 Å². The number of rotatable bonds is 11. The first kappa shape index (κ1) is 27.9. The van der Waals surface area contributed by atoms with Gasteiger partial charge in [-0.3, -0.25) is 9.69 Å². The standard InChI is InChI=1S/C33H32N2O6/c36-32(34-30-21-26(11-13-28(30)33(37)38)25-9-5-2-6-10-25)29-22-27(40-20-17-35-15-18-39-19-16-35)12-14-31(29)41-23-24-7-3-1-4-8-24/h1-14,21-22H,15-20,23H2,(H,34,36)(H,37,38). The number of carbonyl (C=O) groups is 2.